The molecular formula is C14H26ClN5O. The number of hydrogen-bond acceptors (Lipinski definition) is 4. The van der Waals surface area contributed by atoms with Gasteiger partial charge in [-0.2, -0.15) is 5.10 Å². The first-order chi connectivity index (χ1) is 9.39. The molecule has 6 nitrogen and oxygen atoms in total. The largest absolute Gasteiger partial charge is 0.354 e. The summed E-state index contributed by atoms with van der Waals surface area (Å²) in [5, 5.41) is 6.98. The lowest BCUT2D eigenvalue weighted by Crippen LogP contribution is -2.48. The van der Waals surface area contributed by atoms with E-state index in [-0.39, 0.29) is 23.9 Å². The van der Waals surface area contributed by atoms with Crippen LogP contribution in [0.4, 0.5) is 0 Å². The molecule has 1 aromatic heterocycles. The highest BCUT2D eigenvalue weighted by molar-refractivity contribution is 5.91. The van der Waals surface area contributed by atoms with Gasteiger partial charge in [-0.3, -0.25) is 14.4 Å². The van der Waals surface area contributed by atoms with Crippen molar-refractivity contribution in [1.29, 1.82) is 0 Å². The molecule has 2 heterocycles. The smallest absolute Gasteiger partial charge is 0.271 e. The van der Waals surface area contributed by atoms with E-state index >= 15 is 0 Å². The van der Waals surface area contributed by atoms with Gasteiger partial charge >= 0.3 is 0 Å². The van der Waals surface area contributed by atoms with Crippen LogP contribution in [-0.4, -0.2) is 52.8 Å². The fourth-order valence-corrected chi connectivity index (χ4v) is 2.76. The summed E-state index contributed by atoms with van der Waals surface area (Å²) in [6, 6.07) is 2.09. The third-order valence-electron chi connectivity index (χ3n) is 3.55. The van der Waals surface area contributed by atoms with Crippen molar-refractivity contribution < 1.29 is 4.79 Å². The summed E-state index contributed by atoms with van der Waals surface area (Å²) in [5.74, 6) is -0.139. The van der Waals surface area contributed by atoms with Crippen LogP contribution in [0.3, 0.4) is 0 Å². The Bertz CT molecular complexity index is 468. The van der Waals surface area contributed by atoms with Gasteiger partial charge in [0.25, 0.3) is 5.91 Å². The van der Waals surface area contributed by atoms with Gasteiger partial charge in [-0.25, -0.2) is 0 Å². The molecule has 3 N–H and O–H groups in total. The monoisotopic (exact) mass is 315 g/mol. The van der Waals surface area contributed by atoms with Crippen LogP contribution in [0.15, 0.2) is 12.3 Å². The maximum absolute atomic E-state index is 11.5. The zero-order valence-electron chi connectivity index (χ0n) is 13.0. The molecule has 1 amide bonds. The Morgan fingerprint density at radius 1 is 1.57 bits per heavy atom. The molecule has 0 spiro atoms. The second kappa shape index (κ2) is 7.24. The van der Waals surface area contributed by atoms with Crippen molar-refractivity contribution in [3.05, 3.63) is 18.0 Å². The van der Waals surface area contributed by atoms with Gasteiger partial charge in [-0.15, -0.1) is 12.4 Å². The van der Waals surface area contributed by atoms with Gasteiger partial charge in [-0.1, -0.05) is 0 Å². The van der Waals surface area contributed by atoms with Gasteiger partial charge in [0.1, 0.15) is 5.69 Å². The normalized spacial score (nSPS) is 19.9. The molecule has 1 saturated heterocycles. The van der Waals surface area contributed by atoms with E-state index in [1.807, 2.05) is 24.7 Å². The number of carbonyl (C=O) groups is 1. The fourth-order valence-electron chi connectivity index (χ4n) is 2.76. The average Bonchev–Trinajstić information content (AvgIpc) is 2.85. The Morgan fingerprint density at radius 3 is 2.90 bits per heavy atom. The molecule has 1 aliphatic rings. The van der Waals surface area contributed by atoms with Crippen LogP contribution in [0.2, 0.25) is 0 Å². The molecule has 0 saturated carbocycles. The summed E-state index contributed by atoms with van der Waals surface area (Å²) >= 11 is 0. The minimum Gasteiger partial charge on any atom is -0.354 e. The van der Waals surface area contributed by atoms with Gasteiger partial charge in [0.15, 0.2) is 0 Å². The molecule has 0 aliphatic carbocycles. The first-order valence-electron chi connectivity index (χ1n) is 7.17. The van der Waals surface area contributed by atoms with Crippen LogP contribution in [0, 0.1) is 0 Å². The molecular weight excluding hydrogens is 290 g/mol. The number of nitrogens with two attached hydrogens (primary N) is 1. The SMILES string of the molecule is CNC(=O)c1ccn(C2CCCN(CC(C)(C)N)C2)n1.Cl. The number of amides is 1. The van der Waals surface area contributed by atoms with E-state index in [1.165, 1.54) is 0 Å². The summed E-state index contributed by atoms with van der Waals surface area (Å²) < 4.78 is 1.92. The molecule has 2 rings (SSSR count). The molecule has 1 aromatic rings. The third kappa shape index (κ3) is 4.98. The van der Waals surface area contributed by atoms with E-state index in [4.69, 9.17) is 5.73 Å². The number of rotatable bonds is 4. The van der Waals surface area contributed by atoms with E-state index in [1.54, 1.807) is 13.1 Å². The second-order valence-corrected chi connectivity index (χ2v) is 6.28. The van der Waals surface area contributed by atoms with Crippen molar-refractivity contribution in [2.45, 2.75) is 38.3 Å². The van der Waals surface area contributed by atoms with Crippen molar-refractivity contribution in [3.63, 3.8) is 0 Å². The molecule has 7 heteroatoms. The second-order valence-electron chi connectivity index (χ2n) is 6.28. The van der Waals surface area contributed by atoms with Crippen LogP contribution < -0.4 is 11.1 Å². The molecule has 1 unspecified atom stereocenters. The van der Waals surface area contributed by atoms with Crippen molar-refractivity contribution in [2.75, 3.05) is 26.7 Å². The number of aromatic nitrogens is 2. The van der Waals surface area contributed by atoms with Crippen molar-refractivity contribution in [3.8, 4) is 0 Å². The minimum atomic E-state index is -0.181. The van der Waals surface area contributed by atoms with Crippen LogP contribution in [0.5, 0.6) is 0 Å². The average molecular weight is 316 g/mol. The highest BCUT2D eigenvalue weighted by Crippen LogP contribution is 2.22. The molecule has 0 bridgehead atoms. The number of halogens is 1. The van der Waals surface area contributed by atoms with E-state index in [2.05, 4.69) is 15.3 Å². The van der Waals surface area contributed by atoms with Crippen LogP contribution in [0.25, 0.3) is 0 Å². The quantitative estimate of drug-likeness (QED) is 0.870. The summed E-state index contributed by atoms with van der Waals surface area (Å²) in [6.45, 7) is 7.01. The molecule has 0 radical (unpaired) electrons. The number of carbonyl (C=O) groups excluding carboxylic acids is 1. The Hall–Kier alpha value is -1.11. The van der Waals surface area contributed by atoms with Crippen molar-refractivity contribution in [1.82, 2.24) is 20.0 Å². The molecule has 1 fully saturated rings. The van der Waals surface area contributed by atoms with Crippen LogP contribution in [-0.2, 0) is 0 Å². The molecule has 120 valence electrons. The minimum absolute atomic E-state index is 0. The number of nitrogens with zero attached hydrogens (tertiary/aromatic N) is 3. The highest BCUT2D eigenvalue weighted by atomic mass is 35.5. The zero-order chi connectivity index (χ0) is 14.8. The molecule has 21 heavy (non-hydrogen) atoms. The van der Waals surface area contributed by atoms with E-state index in [0.717, 1.165) is 32.5 Å². The summed E-state index contributed by atoms with van der Waals surface area (Å²) in [5.41, 5.74) is 6.39. The highest BCUT2D eigenvalue weighted by Gasteiger charge is 2.25. The first-order valence-corrected chi connectivity index (χ1v) is 7.17. The zero-order valence-corrected chi connectivity index (χ0v) is 13.8. The predicted octanol–water partition coefficient (Wildman–Crippen LogP) is 1.04. The number of piperidine rings is 1. The number of hydrogen-bond donors (Lipinski definition) is 2. The number of likely N-dealkylation sites (tertiary alicyclic amines) is 1. The molecule has 1 atom stereocenters. The standard InChI is InChI=1S/C14H25N5O.ClH/c1-14(2,15)10-18-7-4-5-11(9-18)19-8-6-12(17-19)13(20)16-3;/h6,8,11H,4-5,7,9-10,15H2,1-3H3,(H,16,20);1H. The van der Waals surface area contributed by atoms with Gasteiger partial charge in [0.2, 0.25) is 0 Å². The third-order valence-corrected chi connectivity index (χ3v) is 3.55. The molecule has 1 aliphatic heterocycles. The Labute approximate surface area is 132 Å². The van der Waals surface area contributed by atoms with Gasteiger partial charge in [0.05, 0.1) is 6.04 Å². The fraction of sp³-hybridized carbons (Fsp3) is 0.714. The van der Waals surface area contributed by atoms with Crippen molar-refractivity contribution in [2.24, 2.45) is 5.73 Å². The van der Waals surface area contributed by atoms with Crippen molar-refractivity contribution >= 4 is 18.3 Å². The van der Waals surface area contributed by atoms with Crippen LogP contribution in [0.1, 0.15) is 43.2 Å². The van der Waals surface area contributed by atoms with E-state index in [0.29, 0.717) is 11.7 Å². The maximum atomic E-state index is 11.5. The lowest BCUT2D eigenvalue weighted by Gasteiger charge is -2.36. The predicted molar refractivity (Wildman–Crippen MR) is 85.8 cm³/mol. The first kappa shape index (κ1) is 17.9. The van der Waals surface area contributed by atoms with E-state index < -0.39 is 0 Å². The summed E-state index contributed by atoms with van der Waals surface area (Å²) in [6.07, 6.45) is 4.12. The maximum Gasteiger partial charge on any atom is 0.271 e. The topological polar surface area (TPSA) is 76.2 Å². The lowest BCUT2D eigenvalue weighted by atomic mass is 10.0. The summed E-state index contributed by atoms with van der Waals surface area (Å²) in [4.78, 5) is 13.9. The Morgan fingerprint density at radius 2 is 2.29 bits per heavy atom. The Kier molecular flexibility index (Phi) is 6.19. The van der Waals surface area contributed by atoms with Crippen LogP contribution >= 0.6 is 12.4 Å². The Balaban J connectivity index is 0.00000220. The number of nitrogens with one attached hydrogen (secondary N) is 1. The van der Waals surface area contributed by atoms with Gasteiger partial charge in [0, 0.05) is 31.9 Å². The van der Waals surface area contributed by atoms with E-state index in [9.17, 15) is 4.79 Å². The summed E-state index contributed by atoms with van der Waals surface area (Å²) in [7, 11) is 1.62. The molecule has 0 aromatic carbocycles. The van der Waals surface area contributed by atoms with Gasteiger partial charge < -0.3 is 11.1 Å². The lowest BCUT2D eigenvalue weighted by molar-refractivity contribution is 0.0955. The van der Waals surface area contributed by atoms with Gasteiger partial charge in [-0.05, 0) is 39.3 Å².